The van der Waals surface area contributed by atoms with Crippen molar-refractivity contribution in [3.05, 3.63) is 45.6 Å². The highest BCUT2D eigenvalue weighted by Gasteiger charge is 2.21. The van der Waals surface area contributed by atoms with Crippen LogP contribution in [0.25, 0.3) is 10.2 Å². The van der Waals surface area contributed by atoms with Crippen LogP contribution in [0.4, 0.5) is 0 Å². The highest BCUT2D eigenvalue weighted by Crippen LogP contribution is 2.38. The van der Waals surface area contributed by atoms with Crippen LogP contribution in [-0.2, 0) is 4.74 Å². The van der Waals surface area contributed by atoms with E-state index < -0.39 is 5.97 Å². The summed E-state index contributed by atoms with van der Waals surface area (Å²) in [4.78, 5) is 33.0. The van der Waals surface area contributed by atoms with Gasteiger partial charge < -0.3 is 9.47 Å². The topological polar surface area (TPSA) is 78.4 Å². The molecule has 0 aliphatic carbocycles. The van der Waals surface area contributed by atoms with Gasteiger partial charge in [-0.1, -0.05) is 11.6 Å². The number of nitrogens with zero attached hydrogens (tertiary/aromatic N) is 2. The van der Waals surface area contributed by atoms with Gasteiger partial charge >= 0.3 is 5.97 Å². The molecule has 0 saturated heterocycles. The maximum atomic E-state index is 12.1. The third-order valence-electron chi connectivity index (χ3n) is 3.70. The third kappa shape index (κ3) is 3.40. The van der Waals surface area contributed by atoms with Gasteiger partial charge in [0.25, 0.3) is 0 Å². The summed E-state index contributed by atoms with van der Waals surface area (Å²) in [5.74, 6) is 0.162. The van der Waals surface area contributed by atoms with E-state index in [1.165, 1.54) is 24.6 Å². The van der Waals surface area contributed by atoms with Crippen LogP contribution in [0, 0.1) is 6.92 Å². The Morgan fingerprint density at radius 2 is 2.04 bits per heavy atom. The average Bonchev–Trinajstić information content (AvgIpc) is 2.94. The first-order valence-electron chi connectivity index (χ1n) is 7.82. The number of ether oxygens (including phenoxy) is 2. The second kappa shape index (κ2) is 7.39. The van der Waals surface area contributed by atoms with Gasteiger partial charge in [-0.25, -0.2) is 14.8 Å². The molecule has 0 radical (unpaired) electrons. The number of fused-ring (bicyclic) bond motifs is 1. The van der Waals surface area contributed by atoms with Gasteiger partial charge in [-0.15, -0.1) is 11.3 Å². The Hall–Kier alpha value is -2.51. The van der Waals surface area contributed by atoms with Gasteiger partial charge in [0.2, 0.25) is 5.88 Å². The predicted octanol–water partition coefficient (Wildman–Crippen LogP) is 4.82. The standard InChI is InChI=1S/C18H15ClN2O4S/c1-4-24-18(23)15-9(2)14-16(20-8-21-17(14)26-15)25-13-6-5-11(10(3)22)7-12(13)19/h5-8H,4H2,1-3H3. The van der Waals surface area contributed by atoms with Crippen LogP contribution in [0.3, 0.4) is 0 Å². The molecule has 0 spiro atoms. The molecule has 3 aromatic rings. The number of esters is 1. The average molecular weight is 391 g/mol. The Morgan fingerprint density at radius 1 is 1.27 bits per heavy atom. The number of thiophene rings is 1. The van der Waals surface area contributed by atoms with Crippen molar-refractivity contribution in [2.45, 2.75) is 20.8 Å². The van der Waals surface area contributed by atoms with Crippen molar-refractivity contribution in [3.63, 3.8) is 0 Å². The van der Waals surface area contributed by atoms with Crippen molar-refractivity contribution < 1.29 is 19.1 Å². The summed E-state index contributed by atoms with van der Waals surface area (Å²) >= 11 is 7.44. The normalized spacial score (nSPS) is 10.8. The molecular weight excluding hydrogens is 376 g/mol. The smallest absolute Gasteiger partial charge is 0.348 e. The molecule has 0 saturated carbocycles. The minimum Gasteiger partial charge on any atom is -0.462 e. The number of aromatic nitrogens is 2. The van der Waals surface area contributed by atoms with Crippen LogP contribution in [0.1, 0.15) is 39.4 Å². The number of halogens is 1. The lowest BCUT2D eigenvalue weighted by Gasteiger charge is -2.09. The molecule has 6 nitrogen and oxygen atoms in total. The van der Waals surface area contributed by atoms with Gasteiger partial charge in [0.05, 0.1) is 17.0 Å². The fourth-order valence-corrected chi connectivity index (χ4v) is 3.67. The Bertz CT molecular complexity index is 1020. The van der Waals surface area contributed by atoms with E-state index in [1.54, 1.807) is 32.0 Å². The van der Waals surface area contributed by atoms with Gasteiger partial charge in [0.1, 0.15) is 21.8 Å². The number of benzene rings is 1. The third-order valence-corrected chi connectivity index (χ3v) is 5.17. The minimum atomic E-state index is -0.400. The summed E-state index contributed by atoms with van der Waals surface area (Å²) in [6.07, 6.45) is 1.36. The molecule has 0 fully saturated rings. The predicted molar refractivity (Wildman–Crippen MR) is 99.6 cm³/mol. The molecule has 26 heavy (non-hydrogen) atoms. The number of carbonyl (C=O) groups is 2. The molecule has 2 aromatic heterocycles. The Balaban J connectivity index is 2.03. The maximum absolute atomic E-state index is 12.1. The molecule has 1 aromatic carbocycles. The van der Waals surface area contributed by atoms with Crippen molar-refractivity contribution in [1.82, 2.24) is 9.97 Å². The summed E-state index contributed by atoms with van der Waals surface area (Å²) in [5, 5.41) is 0.926. The van der Waals surface area contributed by atoms with Crippen LogP contribution in [-0.4, -0.2) is 28.3 Å². The van der Waals surface area contributed by atoms with Crippen LogP contribution in [0.15, 0.2) is 24.5 Å². The fraction of sp³-hybridized carbons (Fsp3) is 0.222. The number of rotatable bonds is 5. The number of aryl methyl sites for hydroxylation is 1. The van der Waals surface area contributed by atoms with Crippen LogP contribution in [0.2, 0.25) is 5.02 Å². The molecule has 8 heteroatoms. The molecule has 0 N–H and O–H groups in total. The number of hydrogen-bond donors (Lipinski definition) is 0. The van der Waals surface area contributed by atoms with Gasteiger partial charge in [-0.2, -0.15) is 0 Å². The number of hydrogen-bond acceptors (Lipinski definition) is 7. The summed E-state index contributed by atoms with van der Waals surface area (Å²) < 4.78 is 10.9. The highest BCUT2D eigenvalue weighted by atomic mass is 35.5. The number of Topliss-reactive ketones (excluding diaryl/α,β-unsaturated/α-hetero) is 1. The van der Waals surface area contributed by atoms with Crippen molar-refractivity contribution in [3.8, 4) is 11.6 Å². The zero-order chi connectivity index (χ0) is 18.8. The largest absolute Gasteiger partial charge is 0.462 e. The zero-order valence-electron chi connectivity index (χ0n) is 14.3. The SMILES string of the molecule is CCOC(=O)c1sc2ncnc(Oc3ccc(C(C)=O)cc3Cl)c2c1C. The highest BCUT2D eigenvalue weighted by molar-refractivity contribution is 7.20. The second-order valence-corrected chi connectivity index (χ2v) is 6.85. The summed E-state index contributed by atoms with van der Waals surface area (Å²) in [5.41, 5.74) is 1.18. The van der Waals surface area contributed by atoms with E-state index in [-0.39, 0.29) is 11.7 Å². The summed E-state index contributed by atoms with van der Waals surface area (Å²) in [7, 11) is 0. The van der Waals surface area contributed by atoms with Crippen LogP contribution < -0.4 is 4.74 Å². The van der Waals surface area contributed by atoms with Crippen molar-refractivity contribution >= 4 is 44.9 Å². The number of carbonyl (C=O) groups excluding carboxylic acids is 2. The molecule has 0 bridgehead atoms. The van der Waals surface area contributed by atoms with Gasteiger partial charge in [-0.05, 0) is 44.5 Å². The van der Waals surface area contributed by atoms with E-state index in [4.69, 9.17) is 21.1 Å². The zero-order valence-corrected chi connectivity index (χ0v) is 15.9. The van der Waals surface area contributed by atoms with Crippen molar-refractivity contribution in [2.75, 3.05) is 6.61 Å². The van der Waals surface area contributed by atoms with Crippen molar-refractivity contribution in [1.29, 1.82) is 0 Å². The van der Waals surface area contributed by atoms with Gasteiger partial charge in [0.15, 0.2) is 5.78 Å². The maximum Gasteiger partial charge on any atom is 0.348 e. The lowest BCUT2D eigenvalue weighted by atomic mass is 10.1. The van der Waals surface area contributed by atoms with E-state index in [1.807, 2.05) is 0 Å². The van der Waals surface area contributed by atoms with Crippen LogP contribution in [0.5, 0.6) is 11.6 Å². The Labute approximate surface area is 158 Å². The molecule has 0 aliphatic heterocycles. The first-order chi connectivity index (χ1) is 12.4. The van der Waals surface area contributed by atoms with Crippen LogP contribution >= 0.6 is 22.9 Å². The first-order valence-corrected chi connectivity index (χ1v) is 9.01. The van der Waals surface area contributed by atoms with Crippen molar-refractivity contribution in [2.24, 2.45) is 0 Å². The lowest BCUT2D eigenvalue weighted by Crippen LogP contribution is -2.03. The van der Waals surface area contributed by atoms with E-state index >= 15 is 0 Å². The quantitative estimate of drug-likeness (QED) is 0.459. The summed E-state index contributed by atoms with van der Waals surface area (Å²) in [6, 6.07) is 4.79. The molecule has 0 amide bonds. The monoisotopic (exact) mass is 390 g/mol. The molecule has 134 valence electrons. The number of ketones is 1. The fourth-order valence-electron chi connectivity index (χ4n) is 2.41. The second-order valence-electron chi connectivity index (χ2n) is 5.44. The molecular formula is C18H15ClN2O4S. The molecule has 0 aliphatic rings. The van der Waals surface area contributed by atoms with E-state index in [0.29, 0.717) is 43.6 Å². The summed E-state index contributed by atoms with van der Waals surface area (Å²) in [6.45, 7) is 5.30. The van der Waals surface area contributed by atoms with E-state index in [2.05, 4.69) is 9.97 Å². The molecule has 2 heterocycles. The van der Waals surface area contributed by atoms with Gasteiger partial charge in [0, 0.05) is 5.56 Å². The first kappa shape index (κ1) is 18.3. The molecule has 0 unspecified atom stereocenters. The Kier molecular flexibility index (Phi) is 5.20. The lowest BCUT2D eigenvalue weighted by molar-refractivity contribution is 0.0531. The minimum absolute atomic E-state index is 0.0874. The molecule has 3 rings (SSSR count). The van der Waals surface area contributed by atoms with E-state index in [0.717, 1.165) is 0 Å². The van der Waals surface area contributed by atoms with E-state index in [9.17, 15) is 9.59 Å². The van der Waals surface area contributed by atoms with Gasteiger partial charge in [-0.3, -0.25) is 4.79 Å². The molecule has 0 atom stereocenters. The Morgan fingerprint density at radius 3 is 2.69 bits per heavy atom.